The van der Waals surface area contributed by atoms with Crippen LogP contribution in [0.25, 0.3) is 0 Å². The van der Waals surface area contributed by atoms with Crippen molar-refractivity contribution in [1.29, 1.82) is 0 Å². The van der Waals surface area contributed by atoms with Crippen molar-refractivity contribution < 1.29 is 9.90 Å². The number of amides is 1. The predicted octanol–water partition coefficient (Wildman–Crippen LogP) is -0.569. The number of rotatable bonds is 5. The van der Waals surface area contributed by atoms with Crippen molar-refractivity contribution in [3.8, 4) is 0 Å². The summed E-state index contributed by atoms with van der Waals surface area (Å²) >= 11 is 0. The van der Waals surface area contributed by atoms with Gasteiger partial charge in [-0.05, 0) is 18.6 Å². The molecule has 22 heavy (non-hydrogen) atoms. The Morgan fingerprint density at radius 2 is 2.14 bits per heavy atom. The van der Waals surface area contributed by atoms with E-state index in [-0.39, 0.29) is 19.0 Å². The van der Waals surface area contributed by atoms with Crippen LogP contribution in [0.2, 0.25) is 0 Å². The summed E-state index contributed by atoms with van der Waals surface area (Å²) < 4.78 is 1.54. The Kier molecular flexibility index (Phi) is 4.01. The lowest BCUT2D eigenvalue weighted by Gasteiger charge is -2.23. The SMILES string of the molecule is O=C(Cn1cccn1)NC[C@@]1(O)CCN(c2ncccn2)C1. The molecule has 1 fully saturated rings. The van der Waals surface area contributed by atoms with Gasteiger partial charge in [-0.2, -0.15) is 5.10 Å². The van der Waals surface area contributed by atoms with Crippen LogP contribution in [0.4, 0.5) is 5.95 Å². The minimum atomic E-state index is -0.959. The highest BCUT2D eigenvalue weighted by Gasteiger charge is 2.37. The second-order valence-electron chi connectivity index (χ2n) is 5.43. The molecule has 2 aromatic rings. The zero-order valence-corrected chi connectivity index (χ0v) is 12.1. The molecule has 1 aliphatic rings. The molecule has 2 aromatic heterocycles. The van der Waals surface area contributed by atoms with Gasteiger partial charge in [-0.15, -0.1) is 0 Å². The summed E-state index contributed by atoms with van der Waals surface area (Å²) in [4.78, 5) is 22.1. The van der Waals surface area contributed by atoms with Crippen LogP contribution in [0.1, 0.15) is 6.42 Å². The van der Waals surface area contributed by atoms with Crippen molar-refractivity contribution >= 4 is 11.9 Å². The number of nitrogens with one attached hydrogen (secondary N) is 1. The van der Waals surface area contributed by atoms with E-state index in [9.17, 15) is 9.90 Å². The second-order valence-corrected chi connectivity index (χ2v) is 5.43. The van der Waals surface area contributed by atoms with Gasteiger partial charge in [-0.25, -0.2) is 9.97 Å². The first-order chi connectivity index (χ1) is 10.6. The summed E-state index contributed by atoms with van der Waals surface area (Å²) in [5.74, 6) is 0.424. The topological polar surface area (TPSA) is 96.2 Å². The first-order valence-corrected chi connectivity index (χ1v) is 7.13. The van der Waals surface area contributed by atoms with E-state index in [4.69, 9.17) is 0 Å². The van der Waals surface area contributed by atoms with Crippen molar-refractivity contribution in [2.45, 2.75) is 18.6 Å². The molecule has 0 unspecified atom stereocenters. The fourth-order valence-corrected chi connectivity index (χ4v) is 2.49. The summed E-state index contributed by atoms with van der Waals surface area (Å²) in [5, 5.41) is 17.3. The Bertz CT molecular complexity index is 618. The van der Waals surface area contributed by atoms with Gasteiger partial charge >= 0.3 is 0 Å². The van der Waals surface area contributed by atoms with Gasteiger partial charge in [-0.1, -0.05) is 0 Å². The zero-order valence-electron chi connectivity index (χ0n) is 12.1. The molecule has 8 heteroatoms. The third kappa shape index (κ3) is 3.40. The van der Waals surface area contributed by atoms with Gasteiger partial charge < -0.3 is 15.3 Å². The van der Waals surface area contributed by atoms with Crippen molar-refractivity contribution in [2.75, 3.05) is 24.5 Å². The van der Waals surface area contributed by atoms with Crippen LogP contribution < -0.4 is 10.2 Å². The lowest BCUT2D eigenvalue weighted by Crippen LogP contribution is -2.45. The van der Waals surface area contributed by atoms with E-state index < -0.39 is 5.60 Å². The molecular weight excluding hydrogens is 284 g/mol. The number of aromatic nitrogens is 4. The molecule has 1 saturated heterocycles. The van der Waals surface area contributed by atoms with E-state index in [1.54, 1.807) is 36.9 Å². The Morgan fingerprint density at radius 1 is 1.32 bits per heavy atom. The fraction of sp³-hybridized carbons (Fsp3) is 0.429. The molecule has 0 radical (unpaired) electrons. The molecule has 8 nitrogen and oxygen atoms in total. The van der Waals surface area contributed by atoms with Gasteiger partial charge in [0.25, 0.3) is 0 Å². The molecule has 0 spiro atoms. The first-order valence-electron chi connectivity index (χ1n) is 7.13. The molecule has 116 valence electrons. The van der Waals surface area contributed by atoms with Crippen LogP contribution in [0, 0.1) is 0 Å². The minimum absolute atomic E-state index is 0.147. The molecule has 1 amide bonds. The van der Waals surface area contributed by atoms with Gasteiger partial charge in [0.1, 0.15) is 12.1 Å². The molecule has 2 N–H and O–H groups in total. The van der Waals surface area contributed by atoms with Crippen molar-refractivity contribution in [3.05, 3.63) is 36.9 Å². The molecule has 3 heterocycles. The number of β-amino-alcohol motifs (C(OH)–C–C–N with tert-alkyl or cyclic N) is 1. The molecule has 0 saturated carbocycles. The van der Waals surface area contributed by atoms with Crippen LogP contribution in [0.15, 0.2) is 36.9 Å². The number of carbonyl (C=O) groups excluding carboxylic acids is 1. The third-order valence-corrected chi connectivity index (χ3v) is 3.65. The standard InChI is InChI=1S/C14H18N6O2/c21-12(9-20-7-2-6-18-20)17-10-14(22)3-8-19(11-14)13-15-4-1-5-16-13/h1-2,4-7,22H,3,8-11H2,(H,17,21)/t14-/m0/s1. The third-order valence-electron chi connectivity index (χ3n) is 3.65. The van der Waals surface area contributed by atoms with Crippen molar-refractivity contribution in [3.63, 3.8) is 0 Å². The number of anilines is 1. The highest BCUT2D eigenvalue weighted by atomic mass is 16.3. The van der Waals surface area contributed by atoms with Gasteiger partial charge in [-0.3, -0.25) is 9.48 Å². The summed E-state index contributed by atoms with van der Waals surface area (Å²) in [5.41, 5.74) is -0.959. The van der Waals surface area contributed by atoms with E-state index >= 15 is 0 Å². The molecular formula is C14H18N6O2. The summed E-state index contributed by atoms with van der Waals surface area (Å²) in [6.45, 7) is 1.42. The maximum absolute atomic E-state index is 11.8. The average Bonchev–Trinajstić information content (AvgIpc) is 3.17. The number of hydrogen-bond donors (Lipinski definition) is 2. The summed E-state index contributed by atoms with van der Waals surface area (Å²) in [6, 6.07) is 3.51. The largest absolute Gasteiger partial charge is 0.386 e. The maximum Gasteiger partial charge on any atom is 0.241 e. The fourth-order valence-electron chi connectivity index (χ4n) is 2.49. The van der Waals surface area contributed by atoms with Crippen LogP contribution in [0.3, 0.4) is 0 Å². The number of nitrogens with zero attached hydrogens (tertiary/aromatic N) is 5. The number of aliphatic hydroxyl groups is 1. The van der Waals surface area contributed by atoms with E-state index in [2.05, 4.69) is 20.4 Å². The lowest BCUT2D eigenvalue weighted by molar-refractivity contribution is -0.122. The second kappa shape index (κ2) is 6.10. The van der Waals surface area contributed by atoms with Gasteiger partial charge in [0.2, 0.25) is 11.9 Å². The van der Waals surface area contributed by atoms with Gasteiger partial charge in [0.15, 0.2) is 0 Å². The normalized spacial score (nSPS) is 21.0. The number of carbonyl (C=O) groups is 1. The van der Waals surface area contributed by atoms with E-state index in [1.807, 2.05) is 4.90 Å². The molecule has 1 atom stereocenters. The highest BCUT2D eigenvalue weighted by molar-refractivity contribution is 5.75. The number of hydrogen-bond acceptors (Lipinski definition) is 6. The minimum Gasteiger partial charge on any atom is -0.386 e. The predicted molar refractivity (Wildman–Crippen MR) is 79.0 cm³/mol. The van der Waals surface area contributed by atoms with Crippen LogP contribution >= 0.6 is 0 Å². The maximum atomic E-state index is 11.8. The summed E-state index contributed by atoms with van der Waals surface area (Å²) in [7, 11) is 0. The van der Waals surface area contributed by atoms with Crippen LogP contribution in [-0.4, -0.2) is 56.0 Å². The average molecular weight is 302 g/mol. The lowest BCUT2D eigenvalue weighted by atomic mass is 10.0. The van der Waals surface area contributed by atoms with E-state index in [0.717, 1.165) is 0 Å². The Hall–Kier alpha value is -2.48. The van der Waals surface area contributed by atoms with E-state index in [0.29, 0.717) is 25.5 Å². The van der Waals surface area contributed by atoms with Gasteiger partial charge in [0.05, 0.1) is 6.54 Å². The smallest absolute Gasteiger partial charge is 0.241 e. The van der Waals surface area contributed by atoms with Gasteiger partial charge in [0, 0.05) is 37.9 Å². The summed E-state index contributed by atoms with van der Waals surface area (Å²) in [6.07, 6.45) is 7.25. The van der Waals surface area contributed by atoms with Crippen LogP contribution in [0.5, 0.6) is 0 Å². The quantitative estimate of drug-likeness (QED) is 0.768. The molecule has 0 bridgehead atoms. The highest BCUT2D eigenvalue weighted by Crippen LogP contribution is 2.23. The van der Waals surface area contributed by atoms with E-state index in [1.165, 1.54) is 4.68 Å². The van der Waals surface area contributed by atoms with Crippen molar-refractivity contribution in [2.24, 2.45) is 0 Å². The first kappa shape index (κ1) is 14.5. The molecule has 1 aliphatic heterocycles. The Balaban J connectivity index is 1.51. The Labute approximate surface area is 127 Å². The molecule has 0 aromatic carbocycles. The Morgan fingerprint density at radius 3 is 2.86 bits per heavy atom. The molecule has 3 rings (SSSR count). The van der Waals surface area contributed by atoms with Crippen LogP contribution in [-0.2, 0) is 11.3 Å². The van der Waals surface area contributed by atoms with Crippen molar-refractivity contribution in [1.82, 2.24) is 25.1 Å². The molecule has 0 aliphatic carbocycles. The zero-order chi connectivity index (χ0) is 15.4. The monoisotopic (exact) mass is 302 g/mol.